The highest BCUT2D eigenvalue weighted by Crippen LogP contribution is 2.30. The lowest BCUT2D eigenvalue weighted by Gasteiger charge is -2.36. The van der Waals surface area contributed by atoms with E-state index in [2.05, 4.69) is 4.99 Å². The van der Waals surface area contributed by atoms with Gasteiger partial charge >= 0.3 is 0 Å². The van der Waals surface area contributed by atoms with E-state index in [0.29, 0.717) is 11.7 Å². The number of hydrogen-bond donors (Lipinski definition) is 3. The van der Waals surface area contributed by atoms with Crippen LogP contribution in [0.4, 0.5) is 4.39 Å². The van der Waals surface area contributed by atoms with Gasteiger partial charge in [0.15, 0.2) is 5.17 Å². The van der Waals surface area contributed by atoms with Gasteiger partial charge in [0, 0.05) is 13.0 Å². The third-order valence-corrected chi connectivity index (χ3v) is 3.41. The third-order valence-electron chi connectivity index (χ3n) is 2.48. The number of rotatable bonds is 3. The molecule has 1 saturated heterocycles. The van der Waals surface area contributed by atoms with E-state index in [9.17, 15) is 14.6 Å². The standard InChI is InChI=1S/C10H19FN2O3S/c1-3-13-10(12)17-7-4-6(11)8(15)9(16-7)5(2)14/h5-9,14-15H,3-4H2,1-2H3,(H2,12,13). The summed E-state index contributed by atoms with van der Waals surface area (Å²) in [6, 6.07) is 0. The average molecular weight is 266 g/mol. The van der Waals surface area contributed by atoms with Gasteiger partial charge in [-0.05, 0) is 13.8 Å². The topological polar surface area (TPSA) is 88.1 Å². The van der Waals surface area contributed by atoms with E-state index in [4.69, 9.17) is 10.5 Å². The van der Waals surface area contributed by atoms with E-state index in [1.165, 1.54) is 6.92 Å². The number of aliphatic hydroxyl groups excluding tert-OH is 2. The number of alkyl halides is 1. The van der Waals surface area contributed by atoms with Gasteiger partial charge in [-0.2, -0.15) is 0 Å². The molecule has 0 bridgehead atoms. The molecule has 0 amide bonds. The van der Waals surface area contributed by atoms with Crippen LogP contribution in [0.1, 0.15) is 20.3 Å². The lowest BCUT2D eigenvalue weighted by Crippen LogP contribution is -2.50. The molecule has 5 atom stereocenters. The van der Waals surface area contributed by atoms with Crippen molar-refractivity contribution in [2.24, 2.45) is 10.7 Å². The van der Waals surface area contributed by atoms with Gasteiger partial charge in [0.05, 0.1) is 6.10 Å². The molecule has 0 spiro atoms. The molecule has 0 aromatic rings. The van der Waals surface area contributed by atoms with Crippen molar-refractivity contribution >= 4 is 16.9 Å². The molecule has 0 radical (unpaired) electrons. The zero-order valence-corrected chi connectivity index (χ0v) is 10.7. The molecule has 0 aromatic heterocycles. The number of aliphatic hydroxyl groups is 2. The van der Waals surface area contributed by atoms with Crippen molar-refractivity contribution in [2.75, 3.05) is 6.54 Å². The van der Waals surface area contributed by atoms with Crippen LogP contribution in [0.15, 0.2) is 4.99 Å². The summed E-state index contributed by atoms with van der Waals surface area (Å²) in [6.45, 7) is 3.85. The molecule has 7 heteroatoms. The normalized spacial score (nSPS) is 36.9. The maximum Gasteiger partial charge on any atom is 0.156 e. The first-order chi connectivity index (χ1) is 7.95. The molecule has 1 aliphatic heterocycles. The second-order valence-corrected chi connectivity index (χ2v) is 5.12. The lowest BCUT2D eigenvalue weighted by atomic mass is 10.00. The zero-order chi connectivity index (χ0) is 13.0. The predicted molar refractivity (Wildman–Crippen MR) is 65.6 cm³/mol. The van der Waals surface area contributed by atoms with Crippen molar-refractivity contribution in [3.63, 3.8) is 0 Å². The Balaban J connectivity index is 2.61. The van der Waals surface area contributed by atoms with E-state index < -0.39 is 29.9 Å². The van der Waals surface area contributed by atoms with E-state index >= 15 is 0 Å². The van der Waals surface area contributed by atoms with Crippen LogP contribution in [0.25, 0.3) is 0 Å². The molecule has 5 unspecified atom stereocenters. The summed E-state index contributed by atoms with van der Waals surface area (Å²) >= 11 is 1.12. The maximum absolute atomic E-state index is 13.5. The summed E-state index contributed by atoms with van der Waals surface area (Å²) in [7, 11) is 0. The van der Waals surface area contributed by atoms with E-state index in [1.807, 2.05) is 6.92 Å². The summed E-state index contributed by atoms with van der Waals surface area (Å²) in [5.74, 6) is 0. The van der Waals surface area contributed by atoms with Gasteiger partial charge in [-0.25, -0.2) is 4.39 Å². The summed E-state index contributed by atoms with van der Waals surface area (Å²) in [5.41, 5.74) is 5.08. The van der Waals surface area contributed by atoms with Gasteiger partial charge in [-0.15, -0.1) is 0 Å². The lowest BCUT2D eigenvalue weighted by molar-refractivity contribution is -0.158. The summed E-state index contributed by atoms with van der Waals surface area (Å²) < 4.78 is 18.9. The Labute approximate surface area is 104 Å². The molecule has 5 nitrogen and oxygen atoms in total. The Morgan fingerprint density at radius 1 is 1.71 bits per heavy atom. The van der Waals surface area contributed by atoms with E-state index in [1.54, 1.807) is 0 Å². The number of nitrogens with zero attached hydrogens (tertiary/aromatic N) is 1. The van der Waals surface area contributed by atoms with Crippen LogP contribution in [-0.2, 0) is 4.74 Å². The van der Waals surface area contributed by atoms with Crippen molar-refractivity contribution in [3.8, 4) is 0 Å². The first-order valence-electron chi connectivity index (χ1n) is 5.58. The van der Waals surface area contributed by atoms with Gasteiger partial charge in [0.1, 0.15) is 23.8 Å². The molecule has 1 heterocycles. The Morgan fingerprint density at radius 2 is 2.35 bits per heavy atom. The van der Waals surface area contributed by atoms with Crippen molar-refractivity contribution in [1.82, 2.24) is 0 Å². The van der Waals surface area contributed by atoms with Gasteiger partial charge in [-0.3, -0.25) is 4.99 Å². The fourth-order valence-electron chi connectivity index (χ4n) is 1.64. The number of nitrogens with two attached hydrogens (primary N) is 1. The fraction of sp³-hybridized carbons (Fsp3) is 0.900. The Bertz CT molecular complexity index is 278. The minimum absolute atomic E-state index is 0.0367. The molecule has 1 rings (SSSR count). The van der Waals surface area contributed by atoms with Crippen molar-refractivity contribution in [1.29, 1.82) is 0 Å². The quantitative estimate of drug-likeness (QED) is 0.503. The van der Waals surface area contributed by atoms with Crippen LogP contribution in [0.5, 0.6) is 0 Å². The van der Waals surface area contributed by atoms with Gasteiger partial charge in [0.25, 0.3) is 0 Å². The number of aliphatic imine (C=N–C) groups is 1. The Morgan fingerprint density at radius 3 is 2.88 bits per heavy atom. The summed E-state index contributed by atoms with van der Waals surface area (Å²) in [5, 5.41) is 19.3. The number of thioether (sulfide) groups is 1. The third kappa shape index (κ3) is 4.09. The van der Waals surface area contributed by atoms with Crippen LogP contribution in [-0.4, -0.2) is 51.8 Å². The fourth-order valence-corrected chi connectivity index (χ4v) is 2.58. The van der Waals surface area contributed by atoms with Crippen LogP contribution in [0.3, 0.4) is 0 Å². The Hall–Kier alpha value is -0.370. The molecule has 0 aliphatic carbocycles. The van der Waals surface area contributed by atoms with E-state index in [0.717, 1.165) is 11.8 Å². The van der Waals surface area contributed by atoms with Crippen LogP contribution < -0.4 is 5.73 Å². The number of amidine groups is 1. The molecular weight excluding hydrogens is 247 g/mol. The number of hydrogen-bond acceptors (Lipinski definition) is 5. The van der Waals surface area contributed by atoms with Crippen LogP contribution in [0, 0.1) is 0 Å². The second kappa shape index (κ2) is 6.53. The highest BCUT2D eigenvalue weighted by Gasteiger charge is 2.40. The molecule has 4 N–H and O–H groups in total. The predicted octanol–water partition coefficient (Wildman–Crippen LogP) is 0.249. The first kappa shape index (κ1) is 14.7. The minimum Gasteiger partial charge on any atom is -0.391 e. The average Bonchev–Trinajstić information content (AvgIpc) is 2.23. The SMILES string of the molecule is CCN=C(N)SC1CC(F)C(O)C(C(C)O)O1. The van der Waals surface area contributed by atoms with Gasteiger partial charge < -0.3 is 20.7 Å². The molecule has 1 aliphatic rings. The van der Waals surface area contributed by atoms with Crippen molar-refractivity contribution < 1.29 is 19.3 Å². The molecular formula is C10H19FN2O3S. The molecule has 0 aromatic carbocycles. The molecule has 0 saturated carbocycles. The van der Waals surface area contributed by atoms with Crippen molar-refractivity contribution in [3.05, 3.63) is 0 Å². The monoisotopic (exact) mass is 266 g/mol. The second-order valence-electron chi connectivity index (χ2n) is 3.94. The number of ether oxygens (including phenoxy) is 1. The highest BCUT2D eigenvalue weighted by molar-refractivity contribution is 8.14. The smallest absolute Gasteiger partial charge is 0.156 e. The highest BCUT2D eigenvalue weighted by atomic mass is 32.2. The van der Waals surface area contributed by atoms with Gasteiger partial charge in [0.2, 0.25) is 0 Å². The first-order valence-corrected chi connectivity index (χ1v) is 6.45. The molecule has 1 fully saturated rings. The Kier molecular flexibility index (Phi) is 5.64. The molecule has 100 valence electrons. The number of halogens is 1. The van der Waals surface area contributed by atoms with Gasteiger partial charge in [-0.1, -0.05) is 11.8 Å². The molecule has 17 heavy (non-hydrogen) atoms. The summed E-state index contributed by atoms with van der Waals surface area (Å²) in [4.78, 5) is 3.96. The van der Waals surface area contributed by atoms with Crippen LogP contribution in [0.2, 0.25) is 0 Å². The largest absolute Gasteiger partial charge is 0.391 e. The summed E-state index contributed by atoms with van der Waals surface area (Å²) in [6.07, 6.45) is -4.54. The maximum atomic E-state index is 13.5. The van der Waals surface area contributed by atoms with Crippen LogP contribution >= 0.6 is 11.8 Å². The van der Waals surface area contributed by atoms with E-state index in [-0.39, 0.29) is 6.42 Å². The minimum atomic E-state index is -1.42. The zero-order valence-electron chi connectivity index (χ0n) is 9.91. The van der Waals surface area contributed by atoms with Crippen molar-refractivity contribution in [2.45, 2.75) is 50.2 Å².